The van der Waals surface area contributed by atoms with Crippen molar-refractivity contribution in [3.8, 4) is 6.07 Å². The van der Waals surface area contributed by atoms with E-state index in [2.05, 4.69) is 76.3 Å². The van der Waals surface area contributed by atoms with Gasteiger partial charge in [0.05, 0.1) is 16.3 Å². The summed E-state index contributed by atoms with van der Waals surface area (Å²) in [5.74, 6) is 0.399. The highest BCUT2D eigenvalue weighted by Crippen LogP contribution is 2.60. The molecule has 1 spiro atoms. The van der Waals surface area contributed by atoms with E-state index in [1.165, 1.54) is 27.6 Å². The molecule has 2 heterocycles. The molecule has 1 aromatic carbocycles. The molecule has 2 fully saturated rings. The molecule has 0 aliphatic heterocycles. The third-order valence-corrected chi connectivity index (χ3v) is 8.48. The molecule has 0 atom stereocenters. The molecule has 0 unspecified atom stereocenters. The standard InChI is InChI=1S/C29H31N5S/c1-19(14-30)16-32-24-6-4-22(5-7-24)17-34-9-8-27-28(34)26(18-35-27)21(3)33-25-12-29(13-25)10-23(11-29)20(2)15-31/h4-9,14,16,18,23,25,30,32-33H,2-3,10-13,17H2,1H3/b19-16-,30-14?. The van der Waals surface area contributed by atoms with E-state index in [0.717, 1.165) is 54.8 Å². The molecule has 0 bridgehead atoms. The van der Waals surface area contributed by atoms with Crippen LogP contribution in [-0.4, -0.2) is 16.8 Å². The van der Waals surface area contributed by atoms with Crippen molar-refractivity contribution >= 4 is 39.2 Å². The van der Waals surface area contributed by atoms with Crippen LogP contribution in [0, 0.1) is 28.1 Å². The van der Waals surface area contributed by atoms with Gasteiger partial charge in [-0.3, -0.25) is 0 Å². The van der Waals surface area contributed by atoms with Crippen molar-refractivity contribution in [3.63, 3.8) is 0 Å². The van der Waals surface area contributed by atoms with E-state index in [4.69, 9.17) is 10.7 Å². The minimum Gasteiger partial charge on any atom is -0.382 e. The van der Waals surface area contributed by atoms with Gasteiger partial charge >= 0.3 is 0 Å². The molecule has 2 saturated carbocycles. The molecule has 0 radical (unpaired) electrons. The number of fused-ring (bicyclic) bond motifs is 1. The third kappa shape index (κ3) is 4.56. The fraction of sp³-hybridized carbons (Fsp3) is 0.310. The van der Waals surface area contributed by atoms with Crippen LogP contribution < -0.4 is 10.6 Å². The number of hydrogen-bond acceptors (Lipinski definition) is 5. The average Bonchev–Trinajstić information content (AvgIpc) is 3.41. The molecule has 6 heteroatoms. The summed E-state index contributed by atoms with van der Waals surface area (Å²) in [6.07, 6.45) is 9.87. The molecule has 35 heavy (non-hydrogen) atoms. The van der Waals surface area contributed by atoms with Crippen molar-refractivity contribution in [2.75, 3.05) is 5.32 Å². The number of aromatic nitrogens is 1. The summed E-state index contributed by atoms with van der Waals surface area (Å²) in [5.41, 5.74) is 7.71. The highest BCUT2D eigenvalue weighted by molar-refractivity contribution is 7.17. The van der Waals surface area contributed by atoms with Crippen molar-refractivity contribution in [1.29, 1.82) is 10.7 Å². The van der Waals surface area contributed by atoms with Crippen molar-refractivity contribution in [1.82, 2.24) is 9.88 Å². The molecule has 0 saturated heterocycles. The Morgan fingerprint density at radius 3 is 2.66 bits per heavy atom. The lowest BCUT2D eigenvalue weighted by Gasteiger charge is -2.58. The molecular weight excluding hydrogens is 450 g/mol. The molecular formula is C29H31N5S. The number of thiophene rings is 1. The monoisotopic (exact) mass is 481 g/mol. The zero-order valence-electron chi connectivity index (χ0n) is 20.1. The minimum absolute atomic E-state index is 0.399. The Hall–Kier alpha value is -3.56. The first kappa shape index (κ1) is 23.2. The zero-order chi connectivity index (χ0) is 24.6. The Kier molecular flexibility index (Phi) is 6.12. The summed E-state index contributed by atoms with van der Waals surface area (Å²) in [4.78, 5) is 0. The molecule has 5 rings (SSSR count). The molecule has 5 nitrogen and oxygen atoms in total. The summed E-state index contributed by atoms with van der Waals surface area (Å²) in [6, 6.07) is 13.3. The van der Waals surface area contributed by atoms with Crippen LogP contribution in [0.2, 0.25) is 0 Å². The highest BCUT2D eigenvalue weighted by Gasteiger charge is 2.53. The highest BCUT2D eigenvalue weighted by atomic mass is 32.1. The van der Waals surface area contributed by atoms with Crippen LogP contribution in [0.15, 0.2) is 72.4 Å². The Morgan fingerprint density at radius 1 is 1.23 bits per heavy atom. The lowest BCUT2D eigenvalue weighted by molar-refractivity contribution is -0.0296. The van der Waals surface area contributed by atoms with E-state index in [-0.39, 0.29) is 0 Å². The van der Waals surface area contributed by atoms with Gasteiger partial charge in [-0.25, -0.2) is 0 Å². The second kappa shape index (κ2) is 9.24. The first-order chi connectivity index (χ1) is 16.9. The van der Waals surface area contributed by atoms with Gasteiger partial charge in [-0.05, 0) is 73.3 Å². The second-order valence-corrected chi connectivity index (χ2v) is 11.1. The molecule has 178 valence electrons. The number of anilines is 1. The summed E-state index contributed by atoms with van der Waals surface area (Å²) in [5, 5.41) is 25.5. The van der Waals surface area contributed by atoms with Crippen LogP contribution in [0.5, 0.6) is 0 Å². The van der Waals surface area contributed by atoms with Crippen LogP contribution >= 0.6 is 11.3 Å². The van der Waals surface area contributed by atoms with E-state index < -0.39 is 0 Å². The summed E-state index contributed by atoms with van der Waals surface area (Å²) >= 11 is 1.76. The minimum atomic E-state index is 0.399. The van der Waals surface area contributed by atoms with E-state index in [0.29, 0.717) is 17.4 Å². The largest absolute Gasteiger partial charge is 0.382 e. The number of benzene rings is 1. The van der Waals surface area contributed by atoms with Crippen LogP contribution in [0.4, 0.5) is 5.69 Å². The lowest BCUT2D eigenvalue weighted by Crippen LogP contribution is -2.54. The van der Waals surface area contributed by atoms with E-state index >= 15 is 0 Å². The number of nitriles is 1. The van der Waals surface area contributed by atoms with Crippen molar-refractivity contribution in [2.45, 2.75) is 45.2 Å². The molecule has 3 N–H and O–H groups in total. The lowest BCUT2D eigenvalue weighted by atomic mass is 9.49. The van der Waals surface area contributed by atoms with Crippen LogP contribution in [0.1, 0.15) is 43.7 Å². The molecule has 2 aromatic heterocycles. The maximum Gasteiger partial charge on any atom is 0.0943 e. The number of nitrogens with one attached hydrogen (secondary N) is 3. The van der Waals surface area contributed by atoms with Gasteiger partial charge < -0.3 is 20.6 Å². The van der Waals surface area contributed by atoms with Crippen molar-refractivity contribution in [2.24, 2.45) is 11.3 Å². The van der Waals surface area contributed by atoms with Gasteiger partial charge in [0.25, 0.3) is 0 Å². The van der Waals surface area contributed by atoms with Gasteiger partial charge in [-0.15, -0.1) is 11.3 Å². The first-order valence-corrected chi connectivity index (χ1v) is 12.9. The van der Waals surface area contributed by atoms with Crippen molar-refractivity contribution < 1.29 is 0 Å². The smallest absolute Gasteiger partial charge is 0.0943 e. The quantitative estimate of drug-likeness (QED) is 0.229. The van der Waals surface area contributed by atoms with Crippen LogP contribution in [0.3, 0.4) is 0 Å². The number of allylic oxidation sites excluding steroid dienone is 2. The molecule has 2 aliphatic rings. The normalized spacial score (nSPS) is 23.3. The van der Waals surface area contributed by atoms with Gasteiger partial charge in [-0.1, -0.05) is 25.3 Å². The Labute approximate surface area is 211 Å². The Balaban J connectivity index is 1.22. The van der Waals surface area contributed by atoms with Gasteiger partial charge in [0.15, 0.2) is 0 Å². The molecule has 0 amide bonds. The Bertz CT molecular complexity index is 1350. The zero-order valence-corrected chi connectivity index (χ0v) is 20.9. The maximum atomic E-state index is 9.07. The summed E-state index contributed by atoms with van der Waals surface area (Å²) in [7, 11) is 0. The fourth-order valence-corrected chi connectivity index (χ4v) is 6.55. The van der Waals surface area contributed by atoms with Gasteiger partial charge in [0, 0.05) is 59.1 Å². The fourth-order valence-electron chi connectivity index (χ4n) is 5.57. The van der Waals surface area contributed by atoms with Crippen LogP contribution in [-0.2, 0) is 6.54 Å². The van der Waals surface area contributed by atoms with E-state index in [9.17, 15) is 0 Å². The second-order valence-electron chi connectivity index (χ2n) is 10.2. The summed E-state index contributed by atoms with van der Waals surface area (Å²) in [6.45, 7) is 11.0. The Morgan fingerprint density at radius 2 is 1.97 bits per heavy atom. The predicted octanol–water partition coefficient (Wildman–Crippen LogP) is 6.92. The topological polar surface area (TPSA) is 76.6 Å². The maximum absolute atomic E-state index is 9.07. The van der Waals surface area contributed by atoms with E-state index in [1.54, 1.807) is 11.3 Å². The SMILES string of the molecule is C=C(NC1CC2(C1)CC(C(=C)C#N)C2)c1csc2ccn(Cc3ccc(N/C=C(/C)C=N)cc3)c12. The number of hydrogen-bond donors (Lipinski definition) is 3. The average molecular weight is 482 g/mol. The summed E-state index contributed by atoms with van der Waals surface area (Å²) < 4.78 is 3.58. The number of rotatable bonds is 9. The van der Waals surface area contributed by atoms with Gasteiger partial charge in [0.2, 0.25) is 0 Å². The predicted molar refractivity (Wildman–Crippen MR) is 147 cm³/mol. The molecule has 2 aliphatic carbocycles. The first-order valence-electron chi connectivity index (χ1n) is 12.0. The van der Waals surface area contributed by atoms with Crippen molar-refractivity contribution in [3.05, 3.63) is 83.5 Å². The molecule has 3 aromatic rings. The van der Waals surface area contributed by atoms with Gasteiger partial charge in [-0.2, -0.15) is 5.26 Å². The third-order valence-electron chi connectivity index (χ3n) is 7.54. The van der Waals surface area contributed by atoms with E-state index in [1.807, 2.05) is 13.1 Å². The van der Waals surface area contributed by atoms with Crippen LogP contribution in [0.25, 0.3) is 15.9 Å². The van der Waals surface area contributed by atoms with Gasteiger partial charge in [0.1, 0.15) is 0 Å². The number of nitrogens with zero attached hydrogens (tertiary/aromatic N) is 2.